The molecule has 1 aliphatic rings. The van der Waals surface area contributed by atoms with E-state index in [1.54, 1.807) is 17.9 Å². The summed E-state index contributed by atoms with van der Waals surface area (Å²) in [7, 11) is 0.554. The van der Waals surface area contributed by atoms with Crippen LogP contribution in [0.25, 0.3) is 11.2 Å². The molecule has 0 aromatic carbocycles. The van der Waals surface area contributed by atoms with Crippen molar-refractivity contribution in [2.24, 2.45) is 7.05 Å². The Hall–Kier alpha value is -1.50. The van der Waals surface area contributed by atoms with Crippen molar-refractivity contribution in [3.63, 3.8) is 0 Å². The van der Waals surface area contributed by atoms with E-state index in [2.05, 4.69) is 9.97 Å². The Labute approximate surface area is 93.4 Å². The summed E-state index contributed by atoms with van der Waals surface area (Å²) in [4.78, 5) is 20.3. The molecule has 1 aliphatic heterocycles. The highest BCUT2D eigenvalue weighted by molar-refractivity contribution is 7.85. The molecule has 3 heterocycles. The minimum absolute atomic E-state index is 0.0583. The van der Waals surface area contributed by atoms with Gasteiger partial charge in [-0.1, -0.05) is 0 Å². The van der Waals surface area contributed by atoms with E-state index in [-0.39, 0.29) is 10.8 Å². The second-order valence-electron chi connectivity index (χ2n) is 3.95. The molecule has 16 heavy (non-hydrogen) atoms. The van der Waals surface area contributed by atoms with Crippen LogP contribution in [0.4, 0.5) is 0 Å². The van der Waals surface area contributed by atoms with E-state index in [1.807, 2.05) is 6.92 Å². The molecule has 0 fully saturated rings. The number of fused-ring (bicyclic) bond motifs is 2. The highest BCUT2D eigenvalue weighted by Crippen LogP contribution is 2.19. The van der Waals surface area contributed by atoms with Crippen LogP contribution in [-0.4, -0.2) is 28.6 Å². The summed E-state index contributed by atoms with van der Waals surface area (Å²) in [6.07, 6.45) is 1.54. The maximum absolute atomic E-state index is 12.1. The lowest BCUT2D eigenvalue weighted by atomic mass is 10.4. The van der Waals surface area contributed by atoms with Crippen LogP contribution < -0.4 is 5.56 Å². The molecule has 0 bridgehead atoms. The summed E-state index contributed by atoms with van der Waals surface area (Å²) in [5.41, 5.74) is 0.689. The minimum atomic E-state index is -1.20. The maximum atomic E-state index is 12.1. The van der Waals surface area contributed by atoms with Gasteiger partial charge in [-0.15, -0.1) is 0 Å². The van der Waals surface area contributed by atoms with Crippen LogP contribution in [0.5, 0.6) is 0 Å². The van der Waals surface area contributed by atoms with Gasteiger partial charge in [0, 0.05) is 13.6 Å². The summed E-state index contributed by atoms with van der Waals surface area (Å²) in [6.45, 7) is 2.32. The van der Waals surface area contributed by atoms with Gasteiger partial charge in [0.2, 0.25) is 5.16 Å². The Bertz CT molecular complexity index is 672. The topological polar surface area (TPSA) is 69.8 Å². The Morgan fingerprint density at radius 3 is 3.06 bits per heavy atom. The molecule has 3 rings (SSSR count). The first-order valence-corrected chi connectivity index (χ1v) is 6.13. The highest BCUT2D eigenvalue weighted by Gasteiger charge is 2.30. The van der Waals surface area contributed by atoms with E-state index >= 15 is 0 Å². The van der Waals surface area contributed by atoms with Gasteiger partial charge in [0.1, 0.15) is 0 Å². The number of imidazole rings is 1. The Balaban J connectivity index is 2.46. The Morgan fingerprint density at radius 2 is 2.31 bits per heavy atom. The molecule has 2 aromatic heterocycles. The average molecular weight is 238 g/mol. The Kier molecular flexibility index (Phi) is 1.82. The first-order chi connectivity index (χ1) is 7.59. The zero-order valence-electron chi connectivity index (χ0n) is 8.88. The van der Waals surface area contributed by atoms with E-state index in [0.29, 0.717) is 22.9 Å². The van der Waals surface area contributed by atoms with Gasteiger partial charge in [-0.2, -0.15) is 4.98 Å². The molecule has 0 spiro atoms. The van der Waals surface area contributed by atoms with Crippen molar-refractivity contribution in [1.82, 2.24) is 19.1 Å². The van der Waals surface area contributed by atoms with Gasteiger partial charge >= 0.3 is 0 Å². The van der Waals surface area contributed by atoms with Crippen molar-refractivity contribution in [3.8, 4) is 0 Å². The van der Waals surface area contributed by atoms with Gasteiger partial charge in [-0.25, -0.2) is 4.98 Å². The zero-order valence-corrected chi connectivity index (χ0v) is 9.69. The molecule has 6 nitrogen and oxygen atoms in total. The monoisotopic (exact) mass is 238 g/mol. The van der Waals surface area contributed by atoms with Crippen LogP contribution in [0.15, 0.2) is 16.3 Å². The molecule has 84 valence electrons. The predicted molar refractivity (Wildman–Crippen MR) is 58.6 cm³/mol. The lowest BCUT2D eigenvalue weighted by Gasteiger charge is -2.00. The first-order valence-electron chi connectivity index (χ1n) is 4.92. The molecule has 0 radical (unpaired) electrons. The van der Waals surface area contributed by atoms with E-state index < -0.39 is 10.8 Å². The Morgan fingerprint density at radius 1 is 1.56 bits per heavy atom. The van der Waals surface area contributed by atoms with Crippen molar-refractivity contribution in [2.75, 3.05) is 0 Å². The fourth-order valence-electron chi connectivity index (χ4n) is 1.93. The SMILES string of the molecule is CC1Cn2c(nc3ncn(C)c3c2=O)S1=O. The predicted octanol–water partition coefficient (Wildman–Crippen LogP) is -0.360. The van der Waals surface area contributed by atoms with Crippen LogP contribution in [0.1, 0.15) is 6.92 Å². The third kappa shape index (κ3) is 1.06. The molecular formula is C9H10N4O2S. The van der Waals surface area contributed by atoms with E-state index in [9.17, 15) is 9.00 Å². The van der Waals surface area contributed by atoms with Crippen LogP contribution >= 0.6 is 0 Å². The third-order valence-electron chi connectivity index (χ3n) is 2.78. The summed E-state index contributed by atoms with van der Waals surface area (Å²) < 4.78 is 15.0. The van der Waals surface area contributed by atoms with Crippen LogP contribution in [0, 0.1) is 0 Å². The van der Waals surface area contributed by atoms with Gasteiger partial charge in [-0.3, -0.25) is 13.6 Å². The van der Waals surface area contributed by atoms with E-state index in [0.717, 1.165) is 0 Å². The fraction of sp³-hybridized carbons (Fsp3) is 0.444. The van der Waals surface area contributed by atoms with Crippen LogP contribution in [-0.2, 0) is 24.4 Å². The maximum Gasteiger partial charge on any atom is 0.280 e. The molecule has 0 saturated carbocycles. The van der Waals surface area contributed by atoms with Gasteiger partial charge in [0.25, 0.3) is 5.56 Å². The summed E-state index contributed by atoms with van der Waals surface area (Å²) in [5.74, 6) is 0. The lowest BCUT2D eigenvalue weighted by molar-refractivity contribution is 0.625. The molecule has 7 heteroatoms. The molecule has 2 unspecified atom stereocenters. The smallest absolute Gasteiger partial charge is 0.280 e. The summed E-state index contributed by atoms with van der Waals surface area (Å²) >= 11 is 0. The van der Waals surface area contributed by atoms with Crippen molar-refractivity contribution < 1.29 is 4.21 Å². The van der Waals surface area contributed by atoms with Crippen LogP contribution in [0.3, 0.4) is 0 Å². The largest absolute Gasteiger partial charge is 0.328 e. The van der Waals surface area contributed by atoms with E-state index in [1.165, 1.54) is 4.57 Å². The third-order valence-corrected chi connectivity index (χ3v) is 4.33. The average Bonchev–Trinajstić information content (AvgIpc) is 2.74. The van der Waals surface area contributed by atoms with Crippen molar-refractivity contribution in [2.45, 2.75) is 23.9 Å². The molecule has 0 aliphatic carbocycles. The number of aromatic nitrogens is 4. The number of hydrogen-bond donors (Lipinski definition) is 0. The molecule has 0 amide bonds. The molecule has 0 saturated heterocycles. The van der Waals surface area contributed by atoms with Gasteiger partial charge in [-0.05, 0) is 6.92 Å². The van der Waals surface area contributed by atoms with Crippen molar-refractivity contribution in [1.29, 1.82) is 0 Å². The number of aryl methyl sites for hydroxylation is 1. The number of hydrogen-bond acceptors (Lipinski definition) is 4. The van der Waals surface area contributed by atoms with Gasteiger partial charge < -0.3 is 4.57 Å². The number of nitrogens with zero attached hydrogens (tertiary/aromatic N) is 4. The second-order valence-corrected chi connectivity index (χ2v) is 5.71. The molecule has 0 N–H and O–H groups in total. The summed E-state index contributed by atoms with van der Waals surface area (Å²) in [6, 6.07) is 0. The van der Waals surface area contributed by atoms with E-state index in [4.69, 9.17) is 0 Å². The fourth-order valence-corrected chi connectivity index (χ4v) is 3.13. The van der Waals surface area contributed by atoms with Crippen molar-refractivity contribution in [3.05, 3.63) is 16.7 Å². The van der Waals surface area contributed by atoms with Crippen LogP contribution in [0.2, 0.25) is 0 Å². The second kappa shape index (κ2) is 3.00. The molecule has 2 atom stereocenters. The van der Waals surface area contributed by atoms with Gasteiger partial charge in [0.05, 0.1) is 22.4 Å². The molecule has 2 aromatic rings. The highest BCUT2D eigenvalue weighted by atomic mass is 32.2. The standard InChI is InChI=1S/C9H10N4O2S/c1-5-3-13-8(14)6-7(10-4-12(6)2)11-9(13)16(5)15/h4-5H,3H2,1-2H3. The lowest BCUT2D eigenvalue weighted by Crippen LogP contribution is -2.22. The quantitative estimate of drug-likeness (QED) is 0.588. The number of rotatable bonds is 0. The van der Waals surface area contributed by atoms with Gasteiger partial charge in [0.15, 0.2) is 11.2 Å². The zero-order chi connectivity index (χ0) is 11.4. The van der Waals surface area contributed by atoms with Crippen molar-refractivity contribution >= 4 is 22.0 Å². The summed E-state index contributed by atoms with van der Waals surface area (Å²) in [5, 5.41) is 0.292. The minimum Gasteiger partial charge on any atom is -0.328 e. The normalized spacial score (nSPS) is 23.9. The molecular weight excluding hydrogens is 228 g/mol. The first kappa shape index (κ1) is 9.71.